The Labute approximate surface area is 187 Å². The lowest BCUT2D eigenvalue weighted by atomic mass is 9.93. The molecule has 5 heteroatoms. The Kier molecular flexibility index (Phi) is 6.69. The van der Waals surface area contributed by atoms with Gasteiger partial charge in [0.2, 0.25) is 0 Å². The maximum absolute atomic E-state index is 13.2. The zero-order valence-electron chi connectivity index (χ0n) is 17.6. The number of amides is 1. The van der Waals surface area contributed by atoms with Gasteiger partial charge in [-0.05, 0) is 72.3 Å². The molecule has 3 aromatic carbocycles. The van der Waals surface area contributed by atoms with Gasteiger partial charge >= 0.3 is 0 Å². The highest BCUT2D eigenvalue weighted by atomic mass is 35.5. The highest BCUT2D eigenvalue weighted by molar-refractivity contribution is 6.31. The topological polar surface area (TPSA) is 32.3 Å². The number of likely N-dealkylation sites (tertiary alicyclic amines) is 1. The van der Waals surface area contributed by atoms with Crippen molar-refractivity contribution >= 4 is 17.5 Å². The zero-order valence-corrected chi connectivity index (χ0v) is 18.3. The average Bonchev–Trinajstić information content (AvgIpc) is 3.24. The molecular formula is C26H26ClFN2O. The van der Waals surface area contributed by atoms with E-state index in [1.54, 1.807) is 18.2 Å². The third kappa shape index (κ3) is 5.15. The fourth-order valence-electron chi connectivity index (χ4n) is 4.30. The van der Waals surface area contributed by atoms with Crippen LogP contribution in [0.2, 0.25) is 5.02 Å². The van der Waals surface area contributed by atoms with Crippen molar-refractivity contribution < 1.29 is 9.18 Å². The summed E-state index contributed by atoms with van der Waals surface area (Å²) >= 11 is 6.16. The molecule has 0 aliphatic carbocycles. The Hall–Kier alpha value is -2.69. The van der Waals surface area contributed by atoms with Crippen molar-refractivity contribution in [2.75, 3.05) is 13.1 Å². The summed E-state index contributed by atoms with van der Waals surface area (Å²) in [5.74, 6) is 0.104. The molecular weight excluding hydrogens is 411 g/mol. The summed E-state index contributed by atoms with van der Waals surface area (Å²) in [6.07, 6.45) is 1.07. The molecule has 1 amide bonds. The van der Waals surface area contributed by atoms with E-state index in [1.807, 2.05) is 25.1 Å². The van der Waals surface area contributed by atoms with E-state index in [4.69, 9.17) is 11.6 Å². The average molecular weight is 437 g/mol. The van der Waals surface area contributed by atoms with Crippen molar-refractivity contribution in [3.8, 4) is 0 Å². The highest BCUT2D eigenvalue weighted by Crippen LogP contribution is 2.30. The molecule has 1 heterocycles. The minimum Gasteiger partial charge on any atom is -0.348 e. The Morgan fingerprint density at radius 3 is 2.68 bits per heavy atom. The monoisotopic (exact) mass is 436 g/mol. The van der Waals surface area contributed by atoms with Crippen molar-refractivity contribution in [3.05, 3.63) is 105 Å². The first-order chi connectivity index (χ1) is 15.0. The number of halogens is 2. The van der Waals surface area contributed by atoms with Crippen molar-refractivity contribution in [1.29, 1.82) is 0 Å². The lowest BCUT2D eigenvalue weighted by molar-refractivity contribution is 0.0950. The van der Waals surface area contributed by atoms with Crippen LogP contribution in [0, 0.1) is 12.7 Å². The standard InChI is InChI=1S/C26H26ClFN2O/c1-18-23(7-4-8-25(18)27)26(31)29-15-20-5-2-3-6-24(20)21-13-14-30(17-21)16-19-9-11-22(28)12-10-19/h2-12,21H,13-17H2,1H3,(H,29,31). The minimum absolute atomic E-state index is 0.112. The van der Waals surface area contributed by atoms with E-state index < -0.39 is 0 Å². The first-order valence-electron chi connectivity index (χ1n) is 10.6. The largest absolute Gasteiger partial charge is 0.348 e. The second-order valence-electron chi connectivity index (χ2n) is 8.14. The van der Waals surface area contributed by atoms with Crippen LogP contribution >= 0.6 is 11.6 Å². The quantitative estimate of drug-likeness (QED) is 0.537. The van der Waals surface area contributed by atoms with Gasteiger partial charge in [-0.1, -0.05) is 54.1 Å². The van der Waals surface area contributed by atoms with E-state index >= 15 is 0 Å². The predicted molar refractivity (Wildman–Crippen MR) is 123 cm³/mol. The number of carbonyl (C=O) groups excluding carboxylic acids is 1. The van der Waals surface area contributed by atoms with Gasteiger partial charge in [-0.15, -0.1) is 0 Å². The van der Waals surface area contributed by atoms with Gasteiger partial charge in [-0.3, -0.25) is 9.69 Å². The third-order valence-electron chi connectivity index (χ3n) is 6.04. The van der Waals surface area contributed by atoms with Gasteiger partial charge in [0.25, 0.3) is 5.91 Å². The van der Waals surface area contributed by atoms with E-state index in [-0.39, 0.29) is 11.7 Å². The van der Waals surface area contributed by atoms with E-state index in [0.717, 1.165) is 42.7 Å². The lowest BCUT2D eigenvalue weighted by Crippen LogP contribution is -2.25. The molecule has 1 unspecified atom stereocenters. The van der Waals surface area contributed by atoms with Crippen LogP contribution < -0.4 is 5.32 Å². The molecule has 0 radical (unpaired) electrons. The van der Waals surface area contributed by atoms with Gasteiger partial charge in [0.15, 0.2) is 0 Å². The number of hydrogen-bond donors (Lipinski definition) is 1. The molecule has 31 heavy (non-hydrogen) atoms. The van der Waals surface area contributed by atoms with Crippen LogP contribution in [0.5, 0.6) is 0 Å². The van der Waals surface area contributed by atoms with E-state index in [9.17, 15) is 9.18 Å². The molecule has 1 fully saturated rings. The Morgan fingerprint density at radius 2 is 1.87 bits per heavy atom. The van der Waals surface area contributed by atoms with Crippen molar-refractivity contribution in [3.63, 3.8) is 0 Å². The molecule has 160 valence electrons. The van der Waals surface area contributed by atoms with Crippen LogP contribution in [-0.2, 0) is 13.1 Å². The number of rotatable bonds is 6. The number of carbonyl (C=O) groups is 1. The molecule has 0 aromatic heterocycles. The normalized spacial score (nSPS) is 16.4. The first-order valence-corrected chi connectivity index (χ1v) is 11.0. The second-order valence-corrected chi connectivity index (χ2v) is 8.55. The summed E-state index contributed by atoms with van der Waals surface area (Å²) in [5.41, 5.74) is 4.95. The summed E-state index contributed by atoms with van der Waals surface area (Å²) < 4.78 is 13.2. The fourth-order valence-corrected chi connectivity index (χ4v) is 4.47. The van der Waals surface area contributed by atoms with Crippen molar-refractivity contribution in [1.82, 2.24) is 10.2 Å². The van der Waals surface area contributed by atoms with Gasteiger partial charge in [0, 0.05) is 30.2 Å². The maximum Gasteiger partial charge on any atom is 0.251 e. The first kappa shape index (κ1) is 21.5. The maximum atomic E-state index is 13.2. The summed E-state index contributed by atoms with van der Waals surface area (Å²) in [4.78, 5) is 15.1. The summed E-state index contributed by atoms with van der Waals surface area (Å²) in [5, 5.41) is 3.65. The number of nitrogens with one attached hydrogen (secondary N) is 1. The summed E-state index contributed by atoms with van der Waals surface area (Å²) in [6.45, 7) is 5.12. The molecule has 1 atom stereocenters. The van der Waals surface area contributed by atoms with Crippen LogP contribution in [-0.4, -0.2) is 23.9 Å². The molecule has 0 saturated carbocycles. The third-order valence-corrected chi connectivity index (χ3v) is 6.45. The van der Waals surface area contributed by atoms with Crippen LogP contribution in [0.15, 0.2) is 66.7 Å². The Morgan fingerprint density at radius 1 is 1.10 bits per heavy atom. The van der Waals surface area contributed by atoms with Crippen molar-refractivity contribution in [2.24, 2.45) is 0 Å². The Bertz CT molecular complexity index is 1070. The molecule has 0 spiro atoms. The van der Waals surface area contributed by atoms with Gasteiger partial charge in [0.1, 0.15) is 5.82 Å². The lowest BCUT2D eigenvalue weighted by Gasteiger charge is -2.19. The van der Waals surface area contributed by atoms with Crippen molar-refractivity contribution in [2.45, 2.75) is 32.4 Å². The molecule has 3 nitrogen and oxygen atoms in total. The summed E-state index contributed by atoms with van der Waals surface area (Å²) in [6, 6.07) is 20.4. The van der Waals surface area contributed by atoms with Gasteiger partial charge in [-0.2, -0.15) is 0 Å². The van der Waals surface area contributed by atoms with E-state index in [1.165, 1.54) is 17.7 Å². The van der Waals surface area contributed by atoms with Gasteiger partial charge in [-0.25, -0.2) is 4.39 Å². The van der Waals surface area contributed by atoms with E-state index in [2.05, 4.69) is 28.4 Å². The van der Waals surface area contributed by atoms with Gasteiger partial charge < -0.3 is 5.32 Å². The van der Waals surface area contributed by atoms with Crippen LogP contribution in [0.1, 0.15) is 45.0 Å². The summed E-state index contributed by atoms with van der Waals surface area (Å²) in [7, 11) is 0. The molecule has 0 bridgehead atoms. The number of benzene rings is 3. The molecule has 1 aliphatic rings. The second kappa shape index (κ2) is 9.63. The van der Waals surface area contributed by atoms with Crippen LogP contribution in [0.3, 0.4) is 0 Å². The fraction of sp³-hybridized carbons (Fsp3) is 0.269. The SMILES string of the molecule is Cc1c(Cl)cccc1C(=O)NCc1ccccc1C1CCN(Cc2ccc(F)cc2)C1. The smallest absolute Gasteiger partial charge is 0.251 e. The highest BCUT2D eigenvalue weighted by Gasteiger charge is 2.25. The minimum atomic E-state index is -0.202. The Balaban J connectivity index is 1.41. The molecule has 4 rings (SSSR count). The number of nitrogens with zero attached hydrogens (tertiary/aromatic N) is 1. The molecule has 1 aliphatic heterocycles. The van der Waals surface area contributed by atoms with Crippen LogP contribution in [0.25, 0.3) is 0 Å². The predicted octanol–water partition coefficient (Wildman–Crippen LogP) is 5.71. The molecule has 1 N–H and O–H groups in total. The van der Waals surface area contributed by atoms with Gasteiger partial charge in [0.05, 0.1) is 0 Å². The van der Waals surface area contributed by atoms with E-state index in [0.29, 0.717) is 23.0 Å². The molecule has 1 saturated heterocycles. The zero-order chi connectivity index (χ0) is 21.8. The van der Waals surface area contributed by atoms with Crippen LogP contribution in [0.4, 0.5) is 4.39 Å². The molecule has 3 aromatic rings. The number of hydrogen-bond acceptors (Lipinski definition) is 2.